The molecule has 2 N–H and O–H groups in total. The number of alkyl halides is 7. The second-order valence-electron chi connectivity index (χ2n) is 3.39. The second-order valence-corrected chi connectivity index (χ2v) is 3.39. The van der Waals surface area contributed by atoms with E-state index in [1.54, 1.807) is 0 Å². The third-order valence-corrected chi connectivity index (χ3v) is 2.17. The average Bonchev–Trinajstić information content (AvgIpc) is 2.17. The van der Waals surface area contributed by atoms with E-state index in [0.717, 1.165) is 0 Å². The van der Waals surface area contributed by atoms with Gasteiger partial charge in [-0.3, -0.25) is 0 Å². The Labute approximate surface area is 95.2 Å². The van der Waals surface area contributed by atoms with Crippen molar-refractivity contribution in [1.29, 1.82) is 0 Å². The number of hydrogen-bond donors (Lipinski definition) is 1. The Balaban J connectivity index is 3.61. The molecule has 0 saturated heterocycles. The minimum absolute atomic E-state index is 0.226. The molecule has 102 valence electrons. The topological polar surface area (TPSA) is 26.0 Å². The Morgan fingerprint density at radius 2 is 1.28 bits per heavy atom. The van der Waals surface area contributed by atoms with Crippen LogP contribution >= 0.6 is 0 Å². The largest absolute Gasteiger partial charge is 0.436 e. The molecule has 1 aromatic rings. The van der Waals surface area contributed by atoms with Gasteiger partial charge in [0.25, 0.3) is 0 Å². The molecule has 0 aliphatic heterocycles. The number of halogens is 8. The zero-order valence-electron chi connectivity index (χ0n) is 8.33. The zero-order valence-corrected chi connectivity index (χ0v) is 8.33. The summed E-state index contributed by atoms with van der Waals surface area (Å²) in [6.07, 6.45) is -12.6. The summed E-state index contributed by atoms with van der Waals surface area (Å²) >= 11 is 0. The van der Waals surface area contributed by atoms with E-state index in [0.29, 0.717) is 12.1 Å². The molecule has 0 fully saturated rings. The van der Waals surface area contributed by atoms with Crippen LogP contribution in [0.4, 0.5) is 40.8 Å². The molecule has 0 atom stereocenters. The molecule has 0 bridgehead atoms. The Bertz CT molecular complexity index is 433. The monoisotopic (exact) mass is 279 g/mol. The Hall–Kier alpha value is -1.54. The highest BCUT2D eigenvalue weighted by atomic mass is 19.4. The van der Waals surface area contributed by atoms with Crippen molar-refractivity contribution in [3.63, 3.8) is 0 Å². The standard InChI is InChI=1S/C9H5F8N/c10-4-1-2-6(18)5(3-4)7(11,8(12,13)14)9(15,16)17/h1-3H,18H2. The van der Waals surface area contributed by atoms with Crippen molar-refractivity contribution >= 4 is 5.69 Å². The van der Waals surface area contributed by atoms with Crippen LogP contribution in [0.5, 0.6) is 0 Å². The first-order valence-corrected chi connectivity index (χ1v) is 4.29. The van der Waals surface area contributed by atoms with Crippen LogP contribution in [0.1, 0.15) is 5.56 Å². The van der Waals surface area contributed by atoms with Crippen molar-refractivity contribution in [3.05, 3.63) is 29.6 Å². The normalized spacial score (nSPS) is 13.8. The van der Waals surface area contributed by atoms with E-state index in [2.05, 4.69) is 0 Å². The third-order valence-electron chi connectivity index (χ3n) is 2.17. The van der Waals surface area contributed by atoms with Crippen molar-refractivity contribution in [2.24, 2.45) is 0 Å². The van der Waals surface area contributed by atoms with E-state index >= 15 is 0 Å². The number of rotatable bonds is 1. The Morgan fingerprint density at radius 3 is 1.67 bits per heavy atom. The molecule has 0 aliphatic carbocycles. The maximum atomic E-state index is 13.5. The summed E-state index contributed by atoms with van der Waals surface area (Å²) in [6, 6.07) is 0.721. The van der Waals surface area contributed by atoms with Gasteiger partial charge in [-0.15, -0.1) is 0 Å². The lowest BCUT2D eigenvalue weighted by atomic mass is 9.92. The maximum absolute atomic E-state index is 13.5. The molecule has 0 spiro atoms. The first kappa shape index (κ1) is 14.5. The van der Waals surface area contributed by atoms with Gasteiger partial charge in [-0.25, -0.2) is 8.78 Å². The van der Waals surface area contributed by atoms with Crippen LogP contribution in [0.3, 0.4) is 0 Å². The number of hydrogen-bond acceptors (Lipinski definition) is 1. The van der Waals surface area contributed by atoms with Gasteiger partial charge in [0.1, 0.15) is 5.82 Å². The summed E-state index contributed by atoms with van der Waals surface area (Å²) in [6.45, 7) is 0. The van der Waals surface area contributed by atoms with Gasteiger partial charge in [0.05, 0.1) is 0 Å². The van der Waals surface area contributed by atoms with E-state index in [4.69, 9.17) is 5.73 Å². The molecule has 1 rings (SSSR count). The van der Waals surface area contributed by atoms with Gasteiger partial charge in [0.2, 0.25) is 0 Å². The quantitative estimate of drug-likeness (QED) is 0.615. The molecule has 0 amide bonds. The number of anilines is 1. The van der Waals surface area contributed by atoms with E-state index in [1.165, 1.54) is 0 Å². The summed E-state index contributed by atoms with van der Waals surface area (Å²) < 4.78 is 100. The molecule has 1 aromatic carbocycles. The smallest absolute Gasteiger partial charge is 0.398 e. The molecular weight excluding hydrogens is 274 g/mol. The predicted molar refractivity (Wildman–Crippen MR) is 45.7 cm³/mol. The minimum atomic E-state index is -6.31. The van der Waals surface area contributed by atoms with Gasteiger partial charge in [-0.2, -0.15) is 26.3 Å². The van der Waals surface area contributed by atoms with Crippen LogP contribution in [0, 0.1) is 5.82 Å². The lowest BCUT2D eigenvalue weighted by Gasteiger charge is -2.31. The molecule has 9 heteroatoms. The predicted octanol–water partition coefficient (Wildman–Crippen LogP) is 3.70. The van der Waals surface area contributed by atoms with Crippen LogP contribution in [0.15, 0.2) is 18.2 Å². The SMILES string of the molecule is Nc1ccc(F)cc1C(F)(C(F)(F)F)C(F)(F)F. The molecule has 0 radical (unpaired) electrons. The van der Waals surface area contributed by atoms with E-state index < -0.39 is 35.1 Å². The third kappa shape index (κ3) is 2.08. The molecule has 0 aliphatic rings. The molecule has 1 nitrogen and oxygen atoms in total. The van der Waals surface area contributed by atoms with Gasteiger partial charge >= 0.3 is 18.0 Å². The fourth-order valence-electron chi connectivity index (χ4n) is 1.29. The molecular formula is C9H5F8N. The highest BCUT2D eigenvalue weighted by molar-refractivity contribution is 5.51. The van der Waals surface area contributed by atoms with E-state index in [9.17, 15) is 35.1 Å². The molecule has 18 heavy (non-hydrogen) atoms. The van der Waals surface area contributed by atoms with Crippen LogP contribution < -0.4 is 5.73 Å². The lowest BCUT2D eigenvalue weighted by Crippen LogP contribution is -2.50. The van der Waals surface area contributed by atoms with Crippen molar-refractivity contribution in [2.45, 2.75) is 18.0 Å². The molecule has 0 saturated carbocycles. The first-order chi connectivity index (χ1) is 7.91. The fourth-order valence-corrected chi connectivity index (χ4v) is 1.29. The summed E-state index contributed by atoms with van der Waals surface area (Å²) in [5.41, 5.74) is -4.01. The van der Waals surface area contributed by atoms with Gasteiger partial charge < -0.3 is 5.73 Å². The summed E-state index contributed by atoms with van der Waals surface area (Å²) in [5.74, 6) is -1.46. The summed E-state index contributed by atoms with van der Waals surface area (Å²) in [4.78, 5) is 0. The van der Waals surface area contributed by atoms with E-state index in [1.807, 2.05) is 0 Å². The fraction of sp³-hybridized carbons (Fsp3) is 0.333. The van der Waals surface area contributed by atoms with Crippen LogP contribution in [-0.2, 0) is 5.67 Å². The average molecular weight is 279 g/mol. The van der Waals surface area contributed by atoms with Crippen LogP contribution in [0.2, 0.25) is 0 Å². The number of nitrogen functional groups attached to an aromatic ring is 1. The van der Waals surface area contributed by atoms with E-state index in [-0.39, 0.29) is 6.07 Å². The minimum Gasteiger partial charge on any atom is -0.398 e. The van der Waals surface area contributed by atoms with Gasteiger partial charge in [0, 0.05) is 11.3 Å². The van der Waals surface area contributed by atoms with Crippen LogP contribution in [0.25, 0.3) is 0 Å². The van der Waals surface area contributed by atoms with Crippen molar-refractivity contribution in [1.82, 2.24) is 0 Å². The molecule has 0 unspecified atom stereocenters. The highest BCUT2D eigenvalue weighted by Gasteiger charge is 2.74. The van der Waals surface area contributed by atoms with Crippen molar-refractivity contribution in [2.75, 3.05) is 5.73 Å². The summed E-state index contributed by atoms with van der Waals surface area (Å²) in [5, 5.41) is 0. The second kappa shape index (κ2) is 3.99. The lowest BCUT2D eigenvalue weighted by molar-refractivity contribution is -0.348. The number of benzene rings is 1. The van der Waals surface area contributed by atoms with Crippen molar-refractivity contribution < 1.29 is 35.1 Å². The van der Waals surface area contributed by atoms with Gasteiger partial charge in [0.15, 0.2) is 0 Å². The highest BCUT2D eigenvalue weighted by Crippen LogP contribution is 2.54. The number of nitrogens with two attached hydrogens (primary N) is 1. The van der Waals surface area contributed by atoms with Gasteiger partial charge in [-0.1, -0.05) is 0 Å². The van der Waals surface area contributed by atoms with Gasteiger partial charge in [-0.05, 0) is 18.2 Å². The summed E-state index contributed by atoms with van der Waals surface area (Å²) in [7, 11) is 0. The van der Waals surface area contributed by atoms with Crippen molar-refractivity contribution in [3.8, 4) is 0 Å². The first-order valence-electron chi connectivity index (χ1n) is 4.29. The maximum Gasteiger partial charge on any atom is 0.436 e. The molecule has 0 aromatic heterocycles. The van der Waals surface area contributed by atoms with Crippen LogP contribution in [-0.4, -0.2) is 12.4 Å². The Kier molecular flexibility index (Phi) is 3.22. The zero-order chi connectivity index (χ0) is 14.4. The molecule has 0 heterocycles. The Morgan fingerprint density at radius 1 is 0.833 bits per heavy atom.